The molecule has 9 saturated carbocycles. The van der Waals surface area contributed by atoms with Crippen LogP contribution in [-0.2, 0) is 80.7 Å². The van der Waals surface area contributed by atoms with Crippen molar-refractivity contribution in [3.8, 4) is 17.2 Å². The molecule has 14 nitrogen and oxygen atoms in total. The van der Waals surface area contributed by atoms with Crippen molar-refractivity contribution in [2.75, 3.05) is 135 Å². The van der Waals surface area contributed by atoms with Gasteiger partial charge in [-0.15, -0.1) is 0 Å². The number of rotatable bonds is 19. The molecule has 13 fully saturated rings. The Kier molecular flexibility index (Phi) is 34.4. The van der Waals surface area contributed by atoms with Crippen molar-refractivity contribution in [3.63, 3.8) is 0 Å². The van der Waals surface area contributed by atoms with Gasteiger partial charge in [0.05, 0.1) is 72.5 Å². The average molecular weight is 1760 g/mol. The second kappa shape index (κ2) is 42.0. The van der Waals surface area contributed by atoms with Crippen LogP contribution in [0.2, 0.25) is 0 Å². The summed E-state index contributed by atoms with van der Waals surface area (Å²) in [4.78, 5) is 27.8. The minimum absolute atomic E-state index is 0. The standard InChI is InChI=1S/C17H21O3S.2C15H17O2S.2C14H20F2O2.C13H19F6NO2S.3CH4/c1-18-8-9-20-16-6-7-17(21-12-10-19-11-13-21)15-5-3-2-4-14(15)16;2*1-16-14-6-7-15(18-10-8-17-9-11-18)13-5-3-2-4-12(13)14;1-13(15,16)12(17)18-8-14-5-9-2-10(6-14)4-11(3-9)7-14;1-13(15,16)8-18-12(17)14-5-9-2-10(6-14)4-11(3-9)7-14;1-11(14,15)12(16,17)13(18,19)23(21,22)20-7-6-9-4-2-3-5-10(9)8-20;;;/h2-7H,8-13H2,1H3;2*2-7H,8-11H2,1H3;2*9-11H,2-8H2,1H3;9-10H,2-8H2,1H3;3*1H4/q3*+1;;;;;;. The fourth-order valence-electron chi connectivity index (χ4n) is 20.3. The number of methoxy groups -OCH3 is 3. The first-order valence-corrected chi connectivity index (χ1v) is 47.1. The number of hydrogen-bond donors (Lipinski definition) is 0. The van der Waals surface area contributed by atoms with Gasteiger partial charge in [-0.05, 0) is 192 Å². The predicted octanol–water partition coefficient (Wildman–Crippen LogP) is 21.0. The molecule has 13 aliphatic rings. The molecule has 9 aliphatic carbocycles. The zero-order chi connectivity index (χ0) is 82.9. The summed E-state index contributed by atoms with van der Waals surface area (Å²) >= 11 is 0. The van der Waals surface area contributed by atoms with Crippen LogP contribution in [0.1, 0.15) is 152 Å². The minimum atomic E-state index is -5.98. The molecule has 4 aliphatic heterocycles. The fourth-order valence-corrected chi connectivity index (χ4v) is 28.0. The molecule has 19 rings (SSSR count). The van der Waals surface area contributed by atoms with Gasteiger partial charge in [-0.1, -0.05) is 96.1 Å². The number of carbonyl (C=O) groups excluding carboxylic acids is 2. The molecule has 2 unspecified atom stereocenters. The number of halogens is 10. The number of hydrogen-bond acceptors (Lipinski definition) is 13. The Hall–Kier alpha value is -5.46. The van der Waals surface area contributed by atoms with Crippen molar-refractivity contribution in [2.24, 2.45) is 58.2 Å². The summed E-state index contributed by atoms with van der Waals surface area (Å²) < 4.78 is 203. The molecule has 0 aromatic heterocycles. The monoisotopic (exact) mass is 1760 g/mol. The van der Waals surface area contributed by atoms with Gasteiger partial charge in [0.25, 0.3) is 15.9 Å². The summed E-state index contributed by atoms with van der Waals surface area (Å²) in [5.74, 6) is -5.28. The lowest BCUT2D eigenvalue weighted by atomic mass is 9.49. The van der Waals surface area contributed by atoms with Crippen molar-refractivity contribution in [3.05, 3.63) is 109 Å². The van der Waals surface area contributed by atoms with Gasteiger partial charge >= 0.3 is 35.0 Å². The van der Waals surface area contributed by atoms with Gasteiger partial charge in [-0.25, -0.2) is 22.0 Å². The van der Waals surface area contributed by atoms with E-state index in [-0.39, 0.29) is 75.9 Å². The summed E-state index contributed by atoms with van der Waals surface area (Å²) in [5.41, 5.74) is -0.393. The third-order valence-electron chi connectivity index (χ3n) is 25.1. The number of esters is 2. The third-order valence-corrected chi connectivity index (χ3v) is 33.9. The molecule has 2 atom stereocenters. The Labute approximate surface area is 707 Å². The first-order valence-electron chi connectivity index (χ1n) is 41.0. The molecule has 0 spiro atoms. The van der Waals surface area contributed by atoms with E-state index in [1.54, 1.807) is 21.3 Å². The van der Waals surface area contributed by atoms with Crippen molar-refractivity contribution in [1.82, 2.24) is 4.31 Å². The molecule has 4 saturated heterocycles. The van der Waals surface area contributed by atoms with Gasteiger partial charge in [0.2, 0.25) is 0 Å². The molecular formula is C91H126F10NO13S4+3. The second-order valence-electron chi connectivity index (χ2n) is 33.8. The van der Waals surface area contributed by atoms with Crippen LogP contribution < -0.4 is 14.2 Å². The highest BCUT2D eigenvalue weighted by Crippen LogP contribution is 2.62. The summed E-state index contributed by atoms with van der Waals surface area (Å²) in [6.07, 6.45) is 17.0. The van der Waals surface area contributed by atoms with Crippen LogP contribution in [0.3, 0.4) is 0 Å². The van der Waals surface area contributed by atoms with E-state index in [1.807, 2.05) is 0 Å². The number of alkyl halides is 10. The number of benzene rings is 6. The maximum Gasteiger partial charge on any atom is 0.427 e. The Morgan fingerprint density at radius 3 is 1.22 bits per heavy atom. The minimum Gasteiger partial charge on any atom is -0.496 e. The van der Waals surface area contributed by atoms with Crippen LogP contribution in [-0.4, -0.2) is 189 Å². The summed E-state index contributed by atoms with van der Waals surface area (Å²) in [7, 11) is 0.227. The van der Waals surface area contributed by atoms with E-state index < -0.39 is 63.9 Å². The van der Waals surface area contributed by atoms with Crippen LogP contribution in [0.4, 0.5) is 43.9 Å². The van der Waals surface area contributed by atoms with Crippen LogP contribution in [0.25, 0.3) is 32.3 Å². The number of carbonyl (C=O) groups is 2. The molecule has 0 amide bonds. The number of piperidine rings is 1. The van der Waals surface area contributed by atoms with Gasteiger partial charge in [0.1, 0.15) is 58.4 Å². The Balaban J connectivity index is 0.000000162. The van der Waals surface area contributed by atoms with Crippen molar-refractivity contribution in [2.45, 2.75) is 196 Å². The zero-order valence-corrected chi connectivity index (χ0v) is 70.7. The molecule has 28 heteroatoms. The zero-order valence-electron chi connectivity index (χ0n) is 67.4. The number of sulfonamides is 1. The van der Waals surface area contributed by atoms with Crippen LogP contribution in [0, 0.1) is 58.2 Å². The van der Waals surface area contributed by atoms with Gasteiger partial charge in [0, 0.05) is 111 Å². The Morgan fingerprint density at radius 2 is 0.849 bits per heavy atom. The van der Waals surface area contributed by atoms with E-state index in [2.05, 4.69) is 109 Å². The highest BCUT2D eigenvalue weighted by molar-refractivity contribution is 7.97. The number of nitrogens with zero attached hydrogens (tertiary/aromatic N) is 1. The molecule has 664 valence electrons. The average Bonchev–Trinajstić information content (AvgIpc) is 0.697. The third kappa shape index (κ3) is 23.4. The highest BCUT2D eigenvalue weighted by Gasteiger charge is 2.76. The lowest BCUT2D eigenvalue weighted by Gasteiger charge is -2.56. The highest BCUT2D eigenvalue weighted by atomic mass is 32.2. The van der Waals surface area contributed by atoms with E-state index in [4.69, 9.17) is 42.6 Å². The van der Waals surface area contributed by atoms with Crippen LogP contribution in [0.15, 0.2) is 124 Å². The summed E-state index contributed by atoms with van der Waals surface area (Å²) in [6.45, 7) is 6.29. The Bertz CT molecular complexity index is 4200. The number of fused-ring (bicyclic) bond motifs is 4. The van der Waals surface area contributed by atoms with E-state index in [0.717, 1.165) is 174 Å². The largest absolute Gasteiger partial charge is 0.496 e. The second-order valence-corrected chi connectivity index (χ2v) is 42.5. The van der Waals surface area contributed by atoms with Crippen molar-refractivity contribution >= 4 is 87.0 Å². The lowest BCUT2D eigenvalue weighted by molar-refractivity contribution is -0.272. The SMILES string of the molecule is C.C.C.CC(F)(F)C(=O)OCC12CC3CC(CC(C3)C1)C2.CC(F)(F)C(F)(F)C(F)(F)S(=O)(=O)N1CCC2CCCCC2C1.CC(F)(F)COC(=O)C12CC3CC(CC(C3)C1)C2.COCCOc1ccc([S+]2CCOCC2)c2ccccc12.COc1ccc([S+]2CCOCC2)c2ccccc12.COc1ccc([S+]2CCOCC2)c2ccccc12. The smallest absolute Gasteiger partial charge is 0.427 e. The summed E-state index contributed by atoms with van der Waals surface area (Å²) in [5, 5.41) is 1.76. The lowest BCUT2D eigenvalue weighted by Crippen LogP contribution is -2.61. The molecule has 4 heterocycles. The summed E-state index contributed by atoms with van der Waals surface area (Å²) in [6, 6.07) is 38.6. The van der Waals surface area contributed by atoms with Gasteiger partial charge in [-0.2, -0.15) is 39.4 Å². The normalized spacial score (nSPS) is 26.2. The number of ether oxygens (including phenoxy) is 9. The predicted molar refractivity (Wildman–Crippen MR) is 457 cm³/mol. The van der Waals surface area contributed by atoms with Crippen LogP contribution in [0.5, 0.6) is 17.2 Å². The van der Waals surface area contributed by atoms with Crippen molar-refractivity contribution < 1.29 is 105 Å². The van der Waals surface area contributed by atoms with E-state index in [0.29, 0.717) is 77.0 Å². The quantitative estimate of drug-likeness (QED) is 0.0327. The Morgan fingerprint density at radius 1 is 0.479 bits per heavy atom. The molecule has 119 heavy (non-hydrogen) atoms. The van der Waals surface area contributed by atoms with Gasteiger partial charge in [0.15, 0.2) is 21.3 Å². The van der Waals surface area contributed by atoms with Gasteiger partial charge < -0.3 is 42.6 Å². The molecule has 6 aromatic carbocycles. The molecule has 0 N–H and O–H groups in total. The topological polar surface area (TPSA) is 155 Å². The van der Waals surface area contributed by atoms with E-state index in [9.17, 15) is 61.9 Å². The van der Waals surface area contributed by atoms with Crippen molar-refractivity contribution in [1.29, 1.82) is 0 Å². The fraction of sp³-hybridized carbons (Fsp3) is 0.648. The molecule has 8 bridgehead atoms. The first-order chi connectivity index (χ1) is 55.2. The first kappa shape index (κ1) is 97.3. The molecule has 6 aromatic rings. The van der Waals surface area contributed by atoms with E-state index in [1.165, 1.54) is 85.5 Å². The molecular weight excluding hydrogens is 1630 g/mol. The maximum atomic E-state index is 13.8. The maximum absolute atomic E-state index is 13.8. The van der Waals surface area contributed by atoms with Gasteiger partial charge in [-0.3, -0.25) is 4.79 Å². The van der Waals surface area contributed by atoms with Crippen LogP contribution >= 0.6 is 0 Å². The van der Waals surface area contributed by atoms with E-state index >= 15 is 0 Å². The molecule has 0 radical (unpaired) electrons.